The van der Waals surface area contributed by atoms with Crippen molar-refractivity contribution in [1.29, 1.82) is 0 Å². The molecule has 0 spiro atoms. The summed E-state index contributed by atoms with van der Waals surface area (Å²) in [7, 11) is 3.49. The number of hydrogen-bond acceptors (Lipinski definition) is 5. The quantitative estimate of drug-likeness (QED) is 0.489. The zero-order chi connectivity index (χ0) is 21.3. The third kappa shape index (κ3) is 6.88. The predicted octanol–water partition coefficient (Wildman–Crippen LogP) is 1.32. The van der Waals surface area contributed by atoms with E-state index in [9.17, 15) is 4.79 Å². The summed E-state index contributed by atoms with van der Waals surface area (Å²) in [6, 6.07) is 6.17. The fraction of sp³-hybridized carbons (Fsp3) is 0.636. The maximum atomic E-state index is 12.0. The molecule has 30 heavy (non-hydrogen) atoms. The zero-order valence-electron chi connectivity index (χ0n) is 18.3. The molecule has 2 aliphatic heterocycles. The van der Waals surface area contributed by atoms with Crippen molar-refractivity contribution in [2.45, 2.75) is 32.4 Å². The van der Waals surface area contributed by atoms with Gasteiger partial charge in [0, 0.05) is 45.1 Å². The van der Waals surface area contributed by atoms with Crippen molar-refractivity contribution in [3.05, 3.63) is 29.3 Å². The molecule has 2 fully saturated rings. The number of carbonyl (C=O) groups excluding carboxylic acids is 1. The number of guanidine groups is 1. The van der Waals surface area contributed by atoms with Crippen LogP contribution in [0.1, 0.15) is 24.0 Å². The second kappa shape index (κ2) is 11.2. The van der Waals surface area contributed by atoms with Gasteiger partial charge in [-0.2, -0.15) is 0 Å². The van der Waals surface area contributed by atoms with Crippen LogP contribution in [-0.2, 0) is 20.8 Å². The van der Waals surface area contributed by atoms with Gasteiger partial charge in [0.15, 0.2) is 5.96 Å². The van der Waals surface area contributed by atoms with Gasteiger partial charge in [-0.1, -0.05) is 12.1 Å². The minimum Gasteiger partial charge on any atom is -0.488 e. The summed E-state index contributed by atoms with van der Waals surface area (Å²) in [5.41, 5.74) is 2.16. The summed E-state index contributed by atoms with van der Waals surface area (Å²) in [6.45, 7) is 6.39. The Morgan fingerprint density at radius 2 is 2.00 bits per heavy atom. The maximum Gasteiger partial charge on any atom is 0.241 e. The van der Waals surface area contributed by atoms with Gasteiger partial charge < -0.3 is 29.7 Å². The Labute approximate surface area is 179 Å². The Morgan fingerprint density at radius 3 is 2.70 bits per heavy atom. The Morgan fingerprint density at radius 1 is 1.20 bits per heavy atom. The highest BCUT2D eigenvalue weighted by Gasteiger charge is 2.19. The summed E-state index contributed by atoms with van der Waals surface area (Å²) >= 11 is 0. The van der Waals surface area contributed by atoms with Crippen LogP contribution in [0.2, 0.25) is 0 Å². The molecule has 0 radical (unpaired) electrons. The van der Waals surface area contributed by atoms with Gasteiger partial charge in [0.1, 0.15) is 11.9 Å². The van der Waals surface area contributed by atoms with Crippen molar-refractivity contribution in [2.24, 2.45) is 10.9 Å². The van der Waals surface area contributed by atoms with Gasteiger partial charge in [-0.05, 0) is 25.0 Å². The summed E-state index contributed by atoms with van der Waals surface area (Å²) < 4.78 is 17.1. The molecule has 2 N–H and O–H groups in total. The number of aryl methyl sites for hydroxylation is 1. The Balaban J connectivity index is 1.67. The van der Waals surface area contributed by atoms with Crippen LogP contribution in [0.15, 0.2) is 23.2 Å². The number of benzene rings is 1. The van der Waals surface area contributed by atoms with Crippen molar-refractivity contribution < 1.29 is 19.0 Å². The van der Waals surface area contributed by atoms with Crippen LogP contribution in [0, 0.1) is 12.8 Å². The zero-order valence-corrected chi connectivity index (χ0v) is 18.3. The van der Waals surface area contributed by atoms with E-state index in [-0.39, 0.29) is 18.6 Å². The SMILES string of the molecule is Cc1ccc(CN=C(NCC(=O)N(C)C)NCC2CCOC2)c(OC2CCOC2)c1. The molecule has 3 rings (SSSR count). The lowest BCUT2D eigenvalue weighted by atomic mass is 10.1. The summed E-state index contributed by atoms with van der Waals surface area (Å²) in [5, 5.41) is 6.50. The van der Waals surface area contributed by atoms with Crippen LogP contribution >= 0.6 is 0 Å². The molecule has 8 nitrogen and oxygen atoms in total. The molecule has 1 amide bonds. The smallest absolute Gasteiger partial charge is 0.241 e. The molecule has 0 bridgehead atoms. The molecular formula is C22H34N4O4. The number of carbonyl (C=O) groups is 1. The first-order valence-corrected chi connectivity index (χ1v) is 10.7. The van der Waals surface area contributed by atoms with Crippen LogP contribution in [-0.4, -0.2) is 76.5 Å². The maximum absolute atomic E-state index is 12.0. The van der Waals surface area contributed by atoms with Crippen LogP contribution in [0.25, 0.3) is 0 Å². The third-order valence-corrected chi connectivity index (χ3v) is 5.30. The number of nitrogens with one attached hydrogen (secondary N) is 2. The first-order chi connectivity index (χ1) is 14.5. The molecule has 0 aliphatic carbocycles. The number of aliphatic imine (C=N–C) groups is 1. The average molecular weight is 419 g/mol. The number of ether oxygens (including phenoxy) is 3. The lowest BCUT2D eigenvalue weighted by Crippen LogP contribution is -2.44. The first kappa shape index (κ1) is 22.4. The van der Waals surface area contributed by atoms with Gasteiger partial charge in [-0.25, -0.2) is 4.99 Å². The largest absolute Gasteiger partial charge is 0.488 e. The van der Waals surface area contributed by atoms with Crippen LogP contribution < -0.4 is 15.4 Å². The molecule has 1 aromatic rings. The van der Waals surface area contributed by atoms with E-state index >= 15 is 0 Å². The van der Waals surface area contributed by atoms with E-state index in [1.807, 2.05) is 0 Å². The molecule has 0 saturated carbocycles. The van der Waals surface area contributed by atoms with Gasteiger partial charge >= 0.3 is 0 Å². The van der Waals surface area contributed by atoms with Crippen LogP contribution in [0.5, 0.6) is 5.75 Å². The molecule has 0 aromatic heterocycles. The van der Waals surface area contributed by atoms with Crippen LogP contribution in [0.3, 0.4) is 0 Å². The van der Waals surface area contributed by atoms with E-state index in [4.69, 9.17) is 19.2 Å². The van der Waals surface area contributed by atoms with Crippen molar-refractivity contribution in [3.63, 3.8) is 0 Å². The monoisotopic (exact) mass is 418 g/mol. The second-order valence-corrected chi connectivity index (χ2v) is 8.13. The molecule has 2 saturated heterocycles. The summed E-state index contributed by atoms with van der Waals surface area (Å²) in [5.74, 6) is 1.92. The average Bonchev–Trinajstić information content (AvgIpc) is 3.42. The van der Waals surface area contributed by atoms with E-state index in [0.717, 1.165) is 56.1 Å². The van der Waals surface area contributed by atoms with E-state index in [1.54, 1.807) is 19.0 Å². The fourth-order valence-electron chi connectivity index (χ4n) is 3.33. The van der Waals surface area contributed by atoms with E-state index < -0.39 is 0 Å². The van der Waals surface area contributed by atoms with Gasteiger partial charge in [-0.3, -0.25) is 4.79 Å². The van der Waals surface area contributed by atoms with Gasteiger partial charge in [-0.15, -0.1) is 0 Å². The lowest BCUT2D eigenvalue weighted by molar-refractivity contribution is -0.127. The molecule has 2 atom stereocenters. The minimum atomic E-state index is -0.00529. The summed E-state index contributed by atoms with van der Waals surface area (Å²) in [6.07, 6.45) is 2.03. The highest BCUT2D eigenvalue weighted by Crippen LogP contribution is 2.24. The van der Waals surface area contributed by atoms with Crippen molar-refractivity contribution in [2.75, 3.05) is 53.6 Å². The van der Waals surface area contributed by atoms with Gasteiger partial charge in [0.05, 0.1) is 32.9 Å². The van der Waals surface area contributed by atoms with Gasteiger partial charge in [0.2, 0.25) is 5.91 Å². The molecule has 1 aromatic carbocycles. The highest BCUT2D eigenvalue weighted by molar-refractivity contribution is 5.86. The van der Waals surface area contributed by atoms with E-state index in [2.05, 4.69) is 35.8 Å². The molecule has 8 heteroatoms. The van der Waals surface area contributed by atoms with Crippen LogP contribution in [0.4, 0.5) is 0 Å². The van der Waals surface area contributed by atoms with Crippen molar-refractivity contribution in [1.82, 2.24) is 15.5 Å². The number of amides is 1. The summed E-state index contributed by atoms with van der Waals surface area (Å²) in [4.78, 5) is 18.3. The van der Waals surface area contributed by atoms with Crippen molar-refractivity contribution in [3.8, 4) is 5.75 Å². The second-order valence-electron chi connectivity index (χ2n) is 8.13. The number of hydrogen-bond donors (Lipinski definition) is 2. The third-order valence-electron chi connectivity index (χ3n) is 5.30. The molecule has 2 heterocycles. The molecule has 2 aliphatic rings. The standard InChI is InChI=1S/C22H34N4O4/c1-16-4-5-18(20(10-16)30-19-7-9-29-15-19)12-24-22(25-13-21(27)26(2)3)23-11-17-6-8-28-14-17/h4-5,10,17,19H,6-9,11-15H2,1-3H3,(H2,23,24,25). The normalized spacial score (nSPS) is 21.5. The first-order valence-electron chi connectivity index (χ1n) is 10.7. The Hall–Kier alpha value is -2.32. The number of rotatable bonds is 8. The molecular weight excluding hydrogens is 384 g/mol. The predicted molar refractivity (Wildman–Crippen MR) is 116 cm³/mol. The number of likely N-dealkylation sites (N-methyl/N-ethyl adjacent to an activating group) is 1. The number of nitrogens with zero attached hydrogens (tertiary/aromatic N) is 2. The van der Waals surface area contributed by atoms with E-state index in [0.29, 0.717) is 25.0 Å². The molecule has 166 valence electrons. The minimum absolute atomic E-state index is 0.00529. The van der Waals surface area contributed by atoms with Crippen molar-refractivity contribution >= 4 is 11.9 Å². The van der Waals surface area contributed by atoms with Gasteiger partial charge in [0.25, 0.3) is 0 Å². The molecule has 2 unspecified atom stereocenters. The Kier molecular flexibility index (Phi) is 8.33. The van der Waals surface area contributed by atoms with E-state index in [1.165, 1.54) is 0 Å². The lowest BCUT2D eigenvalue weighted by Gasteiger charge is -2.18. The topological polar surface area (TPSA) is 84.4 Å². The Bertz CT molecular complexity index is 726. The highest BCUT2D eigenvalue weighted by atomic mass is 16.5. The fourth-order valence-corrected chi connectivity index (χ4v) is 3.33.